The monoisotopic (exact) mass is 314 g/mol. The third-order valence-electron chi connectivity index (χ3n) is 3.06. The summed E-state index contributed by atoms with van der Waals surface area (Å²) in [4.78, 5) is 35.2. The van der Waals surface area contributed by atoms with Crippen LogP contribution in [0.1, 0.15) is 57.8 Å². The van der Waals surface area contributed by atoms with E-state index in [2.05, 4.69) is 4.74 Å². The highest BCUT2D eigenvalue weighted by Crippen LogP contribution is 2.36. The molecule has 0 N–H and O–H groups in total. The zero-order valence-electron chi connectivity index (χ0n) is 11.0. The summed E-state index contributed by atoms with van der Waals surface area (Å²) in [5, 5.41) is -0.0536. The van der Waals surface area contributed by atoms with E-state index in [1.54, 1.807) is 0 Å². The first-order valence-corrected chi connectivity index (χ1v) is 6.90. The Labute approximate surface area is 126 Å². The van der Waals surface area contributed by atoms with Crippen molar-refractivity contribution in [2.75, 3.05) is 0 Å². The number of carbonyl (C=O) groups is 3. The minimum absolute atomic E-state index is 0.00754. The number of hydrogen-bond donors (Lipinski definition) is 0. The van der Waals surface area contributed by atoms with E-state index in [-0.39, 0.29) is 32.5 Å². The summed E-state index contributed by atoms with van der Waals surface area (Å²) in [6.45, 7) is 4.00. The van der Waals surface area contributed by atoms with Crippen LogP contribution in [0.5, 0.6) is 0 Å². The molecule has 106 valence electrons. The van der Waals surface area contributed by atoms with Gasteiger partial charge >= 0.3 is 11.9 Å². The molecule has 4 nitrogen and oxygen atoms in total. The van der Waals surface area contributed by atoms with Gasteiger partial charge in [-0.3, -0.25) is 4.79 Å². The maximum atomic E-state index is 12.1. The summed E-state index contributed by atoms with van der Waals surface area (Å²) in [5.74, 6) is -1.54. The molecule has 20 heavy (non-hydrogen) atoms. The van der Waals surface area contributed by atoms with E-state index in [9.17, 15) is 14.4 Å². The van der Waals surface area contributed by atoms with Crippen molar-refractivity contribution in [2.24, 2.45) is 5.92 Å². The van der Waals surface area contributed by atoms with Gasteiger partial charge in [0.05, 0.1) is 21.2 Å². The fourth-order valence-electron chi connectivity index (χ4n) is 1.96. The van der Waals surface area contributed by atoms with Gasteiger partial charge in [0.1, 0.15) is 0 Å². The number of halogens is 2. The van der Waals surface area contributed by atoms with E-state index in [1.165, 1.54) is 6.07 Å². The topological polar surface area (TPSA) is 60.4 Å². The number of fused-ring (bicyclic) bond motifs is 1. The summed E-state index contributed by atoms with van der Waals surface area (Å²) in [6.07, 6.45) is 1.00. The predicted octanol–water partition coefficient (Wildman–Crippen LogP) is 3.92. The van der Waals surface area contributed by atoms with Crippen molar-refractivity contribution < 1.29 is 19.1 Å². The van der Waals surface area contributed by atoms with Crippen LogP contribution in [0, 0.1) is 5.92 Å². The third-order valence-corrected chi connectivity index (χ3v) is 3.75. The van der Waals surface area contributed by atoms with Gasteiger partial charge in [0.25, 0.3) is 0 Å². The van der Waals surface area contributed by atoms with Crippen molar-refractivity contribution in [3.05, 3.63) is 32.8 Å². The van der Waals surface area contributed by atoms with Gasteiger partial charge in [0.2, 0.25) is 0 Å². The molecule has 1 aliphatic rings. The van der Waals surface area contributed by atoms with Crippen LogP contribution in [0.4, 0.5) is 0 Å². The summed E-state index contributed by atoms with van der Waals surface area (Å²) in [6, 6.07) is 1.32. The number of esters is 2. The van der Waals surface area contributed by atoms with E-state index in [4.69, 9.17) is 23.2 Å². The highest BCUT2D eigenvalue weighted by atomic mass is 35.5. The van der Waals surface area contributed by atoms with E-state index >= 15 is 0 Å². The molecule has 0 fully saturated rings. The minimum Gasteiger partial charge on any atom is -0.386 e. The Morgan fingerprint density at radius 3 is 2.40 bits per heavy atom. The van der Waals surface area contributed by atoms with Gasteiger partial charge in [-0.1, -0.05) is 37.0 Å². The molecule has 2 rings (SSSR count). The minimum atomic E-state index is -0.865. The van der Waals surface area contributed by atoms with Gasteiger partial charge in [-0.15, -0.1) is 0 Å². The number of ketones is 1. The van der Waals surface area contributed by atoms with Crippen LogP contribution < -0.4 is 0 Å². The Morgan fingerprint density at radius 1 is 1.20 bits per heavy atom. The molecule has 0 radical (unpaired) electrons. The second-order valence-corrected chi connectivity index (χ2v) is 5.79. The molecule has 0 atom stereocenters. The number of benzene rings is 1. The lowest BCUT2D eigenvalue weighted by Crippen LogP contribution is -2.06. The first-order chi connectivity index (χ1) is 9.32. The Kier molecular flexibility index (Phi) is 4.16. The molecule has 0 bridgehead atoms. The molecule has 6 heteroatoms. The van der Waals surface area contributed by atoms with Crippen molar-refractivity contribution >= 4 is 40.9 Å². The van der Waals surface area contributed by atoms with Crippen molar-refractivity contribution in [2.45, 2.75) is 26.7 Å². The number of Topliss-reactive ketones (excluding diaryl/α,β-unsaturated/α-hetero) is 1. The normalized spacial score (nSPS) is 13.7. The molecule has 1 aromatic carbocycles. The van der Waals surface area contributed by atoms with Crippen LogP contribution in [0.2, 0.25) is 10.0 Å². The van der Waals surface area contributed by atoms with Crippen molar-refractivity contribution in [3.63, 3.8) is 0 Å². The second-order valence-electron chi connectivity index (χ2n) is 5.00. The van der Waals surface area contributed by atoms with E-state index < -0.39 is 11.9 Å². The molecular weight excluding hydrogens is 303 g/mol. The van der Waals surface area contributed by atoms with Crippen molar-refractivity contribution in [1.82, 2.24) is 0 Å². The molecule has 0 amide bonds. The summed E-state index contributed by atoms with van der Waals surface area (Å²) in [7, 11) is 0. The fourth-order valence-corrected chi connectivity index (χ4v) is 2.57. The first kappa shape index (κ1) is 15.0. The number of ether oxygens (including phenoxy) is 1. The Hall–Kier alpha value is -1.39. The number of rotatable bonds is 4. The summed E-state index contributed by atoms with van der Waals surface area (Å²) >= 11 is 12.0. The van der Waals surface area contributed by atoms with E-state index in [0.717, 1.165) is 0 Å². The Morgan fingerprint density at radius 2 is 1.80 bits per heavy atom. The molecule has 0 spiro atoms. The SMILES string of the molecule is CC(C)CCC(=O)c1cc(Cl)c2c(c1Cl)C(=O)OC2=O. The summed E-state index contributed by atoms with van der Waals surface area (Å²) in [5.41, 5.74) is -0.0261. The van der Waals surface area contributed by atoms with Gasteiger partial charge in [-0.05, 0) is 18.4 Å². The van der Waals surface area contributed by atoms with Crippen LogP contribution in [0.15, 0.2) is 6.07 Å². The Balaban J connectivity index is 2.45. The van der Waals surface area contributed by atoms with E-state index in [1.807, 2.05) is 13.8 Å². The molecule has 0 unspecified atom stereocenters. The quantitative estimate of drug-likeness (QED) is 0.480. The standard InChI is InChI=1S/C14H12Cl2O4/c1-6(2)3-4-9(17)7-5-8(15)10-11(12(7)16)14(19)20-13(10)18/h5-6H,3-4H2,1-2H3. The summed E-state index contributed by atoms with van der Waals surface area (Å²) < 4.78 is 4.47. The van der Waals surface area contributed by atoms with Gasteiger partial charge in [-0.25, -0.2) is 9.59 Å². The first-order valence-electron chi connectivity index (χ1n) is 6.14. The zero-order chi connectivity index (χ0) is 15.0. The average molecular weight is 315 g/mol. The molecule has 1 aromatic rings. The van der Waals surface area contributed by atoms with Gasteiger partial charge in [-0.2, -0.15) is 0 Å². The van der Waals surface area contributed by atoms with Crippen LogP contribution in [0.25, 0.3) is 0 Å². The van der Waals surface area contributed by atoms with Gasteiger partial charge < -0.3 is 4.74 Å². The zero-order valence-corrected chi connectivity index (χ0v) is 12.5. The smallest absolute Gasteiger partial charge is 0.348 e. The molecule has 0 aromatic heterocycles. The van der Waals surface area contributed by atoms with Crippen molar-refractivity contribution in [3.8, 4) is 0 Å². The highest BCUT2D eigenvalue weighted by molar-refractivity contribution is 6.42. The van der Waals surface area contributed by atoms with Crippen LogP contribution in [-0.4, -0.2) is 17.7 Å². The van der Waals surface area contributed by atoms with Crippen molar-refractivity contribution in [1.29, 1.82) is 0 Å². The number of carbonyl (C=O) groups excluding carboxylic acids is 3. The average Bonchev–Trinajstić information content (AvgIpc) is 2.66. The van der Waals surface area contributed by atoms with Gasteiger partial charge in [0, 0.05) is 12.0 Å². The third kappa shape index (κ3) is 2.58. The lowest BCUT2D eigenvalue weighted by molar-refractivity contribution is 0.0444. The molecule has 0 saturated carbocycles. The molecule has 1 aliphatic heterocycles. The fraction of sp³-hybridized carbons (Fsp3) is 0.357. The van der Waals surface area contributed by atoms with Gasteiger partial charge in [0.15, 0.2) is 5.78 Å². The van der Waals surface area contributed by atoms with Crippen LogP contribution in [-0.2, 0) is 4.74 Å². The number of hydrogen-bond acceptors (Lipinski definition) is 4. The number of cyclic esters (lactones) is 2. The maximum absolute atomic E-state index is 12.1. The lowest BCUT2D eigenvalue weighted by Gasteiger charge is -2.08. The van der Waals surface area contributed by atoms with Crippen LogP contribution in [0.3, 0.4) is 0 Å². The lowest BCUT2D eigenvalue weighted by atomic mass is 9.98. The largest absolute Gasteiger partial charge is 0.386 e. The van der Waals surface area contributed by atoms with Crippen LogP contribution >= 0.6 is 23.2 Å². The molecule has 1 heterocycles. The molecular formula is C14H12Cl2O4. The van der Waals surface area contributed by atoms with E-state index in [0.29, 0.717) is 18.8 Å². The predicted molar refractivity (Wildman–Crippen MR) is 74.6 cm³/mol. The highest BCUT2D eigenvalue weighted by Gasteiger charge is 2.36. The Bertz CT molecular complexity index is 620. The molecule has 0 saturated heterocycles. The molecule has 0 aliphatic carbocycles. The maximum Gasteiger partial charge on any atom is 0.348 e. The second kappa shape index (κ2) is 5.54.